The normalized spacial score (nSPS) is 12.7. The zero-order chi connectivity index (χ0) is 58.4. The first kappa shape index (κ1) is 55.1. The van der Waals surface area contributed by atoms with Crippen molar-refractivity contribution < 1.29 is 0 Å². The maximum absolute atomic E-state index is 2.42. The number of hydrogen-bond donors (Lipinski definition) is 0. The molecule has 0 amide bonds. The molecule has 1 saturated carbocycles. The zero-order valence-electron chi connectivity index (χ0n) is 49.7. The van der Waals surface area contributed by atoms with Crippen LogP contribution in [-0.2, 0) is 5.41 Å². The summed E-state index contributed by atoms with van der Waals surface area (Å²) < 4.78 is 0. The number of nitrogens with zero attached hydrogens (tertiary/aromatic N) is 4. The maximum atomic E-state index is 2.42. The third kappa shape index (κ3) is 11.1. The molecule has 0 spiro atoms. The monoisotopic (exact) mass is 1110 g/mol. The van der Waals surface area contributed by atoms with Gasteiger partial charge in [0.2, 0.25) is 0 Å². The minimum Gasteiger partial charge on any atom is -0.310 e. The Bertz CT molecular complexity index is 3870. The molecule has 1 fully saturated rings. The lowest BCUT2D eigenvalue weighted by Gasteiger charge is -2.39. The van der Waals surface area contributed by atoms with Crippen molar-refractivity contribution in [2.75, 3.05) is 19.6 Å². The van der Waals surface area contributed by atoms with Gasteiger partial charge >= 0.3 is 0 Å². The SMILES string of the molecule is Cc1cc(-c2ccc(N(c3ccccc3)c3ccc(C4(c5ccc(N(c6ccccc6)c6ccc(-c7ccc(N(c8ccccc8)c8ccccc8)c(C)c7)cc6C)cc5)CCCCC4)cc3)c(C)c2)ccc1N(c1ccccc1)c1ccccc1. The first-order chi connectivity index (χ1) is 42.3. The van der Waals surface area contributed by atoms with E-state index in [1.807, 2.05) is 0 Å². The van der Waals surface area contributed by atoms with E-state index in [4.69, 9.17) is 0 Å². The van der Waals surface area contributed by atoms with Crippen LogP contribution in [0.15, 0.2) is 303 Å². The standard InChI is InChI=1S/C82H72N4/c1-60-56-64(38-50-78(60)83(70-26-12-5-13-27-70)71-28-14-6-15-29-71)66-40-52-80(62(3)58-66)85(74-34-20-9-21-35-74)76-46-42-68(43-47-76)82(54-24-11-25-55-82)69-44-48-77(49-45-69)86(75-36-22-10-23-37-75)81-53-41-67(59-63(81)4)65-39-51-79(61(2)57-65)84(72-30-16-7-17-31-72)73-32-18-8-19-33-73/h5-10,12-23,26-53,56-59H,11,24-25,54-55H2,1-4H3. The van der Waals surface area contributed by atoms with Gasteiger partial charge in [-0.2, -0.15) is 0 Å². The Balaban J connectivity index is 0.785. The van der Waals surface area contributed by atoms with Gasteiger partial charge < -0.3 is 19.6 Å². The molecule has 12 aromatic carbocycles. The summed E-state index contributed by atoms with van der Waals surface area (Å²) in [6.45, 7) is 8.95. The van der Waals surface area contributed by atoms with Gasteiger partial charge in [-0.1, -0.05) is 177 Å². The summed E-state index contributed by atoms with van der Waals surface area (Å²) in [6, 6.07) is 111. The highest BCUT2D eigenvalue weighted by Crippen LogP contribution is 2.49. The van der Waals surface area contributed by atoms with Gasteiger partial charge in [-0.05, 0) is 242 Å². The van der Waals surface area contributed by atoms with E-state index >= 15 is 0 Å². The largest absolute Gasteiger partial charge is 0.310 e. The van der Waals surface area contributed by atoms with Crippen LogP contribution in [0.3, 0.4) is 0 Å². The molecule has 86 heavy (non-hydrogen) atoms. The Morgan fingerprint density at radius 2 is 0.430 bits per heavy atom. The number of para-hydroxylation sites is 6. The molecule has 4 nitrogen and oxygen atoms in total. The smallest absolute Gasteiger partial charge is 0.0491 e. The quantitative estimate of drug-likeness (QED) is 0.0956. The highest BCUT2D eigenvalue weighted by Gasteiger charge is 2.36. The fourth-order valence-electron chi connectivity index (χ4n) is 13.3. The highest BCUT2D eigenvalue weighted by atomic mass is 15.2. The fraction of sp³-hybridized carbons (Fsp3) is 0.122. The molecule has 12 aromatic rings. The second-order valence-electron chi connectivity index (χ2n) is 23.1. The van der Waals surface area contributed by atoms with E-state index in [0.29, 0.717) is 0 Å². The number of aryl methyl sites for hydroxylation is 4. The van der Waals surface area contributed by atoms with E-state index in [2.05, 4.69) is 351 Å². The van der Waals surface area contributed by atoms with Gasteiger partial charge in [0.05, 0.1) is 0 Å². The van der Waals surface area contributed by atoms with Gasteiger partial charge in [0.1, 0.15) is 0 Å². The van der Waals surface area contributed by atoms with Crippen LogP contribution in [0.4, 0.5) is 68.2 Å². The Kier molecular flexibility index (Phi) is 15.7. The van der Waals surface area contributed by atoms with Crippen molar-refractivity contribution in [1.29, 1.82) is 0 Å². The summed E-state index contributed by atoms with van der Waals surface area (Å²) in [5.41, 5.74) is 26.1. The Morgan fingerprint density at radius 1 is 0.221 bits per heavy atom. The molecule has 1 aliphatic carbocycles. The molecule has 0 unspecified atom stereocenters. The second kappa shape index (κ2) is 24.6. The van der Waals surface area contributed by atoms with E-state index < -0.39 is 0 Å². The Morgan fingerprint density at radius 3 is 0.640 bits per heavy atom. The molecule has 0 bridgehead atoms. The van der Waals surface area contributed by atoms with Crippen molar-refractivity contribution in [3.63, 3.8) is 0 Å². The maximum Gasteiger partial charge on any atom is 0.0491 e. The van der Waals surface area contributed by atoms with Gasteiger partial charge in [-0.3, -0.25) is 0 Å². The molecular formula is C82H72N4. The lowest BCUT2D eigenvalue weighted by Crippen LogP contribution is -2.30. The first-order valence-corrected chi connectivity index (χ1v) is 30.4. The minimum atomic E-state index is -0.0978. The van der Waals surface area contributed by atoms with E-state index in [1.54, 1.807) is 0 Å². The van der Waals surface area contributed by atoms with E-state index in [9.17, 15) is 0 Å². The van der Waals surface area contributed by atoms with E-state index in [-0.39, 0.29) is 5.41 Å². The lowest BCUT2D eigenvalue weighted by atomic mass is 9.65. The summed E-state index contributed by atoms with van der Waals surface area (Å²) in [7, 11) is 0. The molecule has 420 valence electrons. The Labute approximate surface area is 509 Å². The summed E-state index contributed by atoms with van der Waals surface area (Å²) >= 11 is 0. The predicted octanol–water partition coefficient (Wildman–Crippen LogP) is 23.4. The van der Waals surface area contributed by atoms with Crippen LogP contribution >= 0.6 is 0 Å². The molecule has 13 rings (SSSR count). The van der Waals surface area contributed by atoms with Crippen LogP contribution in [0.25, 0.3) is 22.3 Å². The number of hydrogen-bond acceptors (Lipinski definition) is 4. The van der Waals surface area contributed by atoms with Crippen molar-refractivity contribution >= 4 is 68.2 Å². The zero-order valence-corrected chi connectivity index (χ0v) is 49.7. The van der Waals surface area contributed by atoms with Crippen molar-refractivity contribution in [3.05, 3.63) is 337 Å². The van der Waals surface area contributed by atoms with Crippen molar-refractivity contribution in [2.45, 2.75) is 65.2 Å². The Hall–Kier alpha value is -10.2. The van der Waals surface area contributed by atoms with Gasteiger partial charge in [0.15, 0.2) is 0 Å². The van der Waals surface area contributed by atoms with Crippen LogP contribution in [-0.4, -0.2) is 0 Å². The third-order valence-corrected chi connectivity index (χ3v) is 17.6. The molecule has 1 aliphatic rings. The van der Waals surface area contributed by atoms with Crippen LogP contribution in [0.2, 0.25) is 0 Å². The summed E-state index contributed by atoms with van der Waals surface area (Å²) in [4.78, 5) is 9.54. The predicted molar refractivity (Wildman–Crippen MR) is 365 cm³/mol. The molecule has 4 heteroatoms. The third-order valence-electron chi connectivity index (χ3n) is 17.6. The average Bonchev–Trinajstić information content (AvgIpc) is 1.59. The first-order valence-electron chi connectivity index (χ1n) is 30.4. The molecule has 0 N–H and O–H groups in total. The van der Waals surface area contributed by atoms with Gasteiger partial charge in [0, 0.05) is 73.7 Å². The van der Waals surface area contributed by atoms with Crippen LogP contribution in [0.1, 0.15) is 65.5 Å². The molecule has 0 radical (unpaired) electrons. The minimum absolute atomic E-state index is 0.0978. The molecule has 0 heterocycles. The van der Waals surface area contributed by atoms with Crippen molar-refractivity contribution in [1.82, 2.24) is 0 Å². The highest BCUT2D eigenvalue weighted by molar-refractivity contribution is 5.86. The topological polar surface area (TPSA) is 13.0 Å². The summed E-state index contributed by atoms with van der Waals surface area (Å²) in [5, 5.41) is 0. The van der Waals surface area contributed by atoms with Crippen LogP contribution in [0, 0.1) is 27.7 Å². The fourth-order valence-corrected chi connectivity index (χ4v) is 13.3. The number of benzene rings is 12. The molecule has 0 atom stereocenters. The van der Waals surface area contributed by atoms with Crippen LogP contribution < -0.4 is 19.6 Å². The van der Waals surface area contributed by atoms with E-state index in [1.165, 1.54) is 74.9 Å². The summed E-state index contributed by atoms with van der Waals surface area (Å²) in [5.74, 6) is 0. The molecule has 0 saturated heterocycles. The average molecular weight is 1110 g/mol. The van der Waals surface area contributed by atoms with Crippen LogP contribution in [0.5, 0.6) is 0 Å². The second-order valence-corrected chi connectivity index (χ2v) is 23.1. The van der Waals surface area contributed by atoms with Gasteiger partial charge in [-0.25, -0.2) is 0 Å². The van der Waals surface area contributed by atoms with Crippen molar-refractivity contribution in [3.8, 4) is 22.3 Å². The lowest BCUT2D eigenvalue weighted by molar-refractivity contribution is 0.346. The van der Waals surface area contributed by atoms with Gasteiger partial charge in [-0.15, -0.1) is 0 Å². The van der Waals surface area contributed by atoms with Crippen molar-refractivity contribution in [2.24, 2.45) is 0 Å². The molecule has 0 aliphatic heterocycles. The van der Waals surface area contributed by atoms with E-state index in [0.717, 1.165) is 81.1 Å². The molecule has 0 aromatic heterocycles. The number of rotatable bonds is 16. The summed E-state index contributed by atoms with van der Waals surface area (Å²) in [6.07, 6.45) is 5.90. The molecular weight excluding hydrogens is 1040 g/mol. The number of anilines is 12. The van der Waals surface area contributed by atoms with Gasteiger partial charge in [0.25, 0.3) is 0 Å².